The Morgan fingerprint density at radius 2 is 1.83 bits per heavy atom. The molecule has 0 N–H and O–H groups in total. The molecule has 0 saturated carbocycles. The number of nitrogens with zero attached hydrogens (tertiary/aromatic N) is 2. The fourth-order valence-electron chi connectivity index (χ4n) is 2.47. The summed E-state index contributed by atoms with van der Waals surface area (Å²) in [6.45, 7) is 5.57. The van der Waals surface area contributed by atoms with E-state index >= 15 is 0 Å². The Hall–Kier alpha value is -2.20. The van der Waals surface area contributed by atoms with Crippen molar-refractivity contribution in [1.29, 1.82) is 0 Å². The normalized spacial score (nSPS) is 21.3. The predicted octanol–water partition coefficient (Wildman–Crippen LogP) is 4.11. The summed E-state index contributed by atoms with van der Waals surface area (Å²) in [6.07, 6.45) is 2.01. The Kier molecular flexibility index (Phi) is 4.72. The highest BCUT2D eigenvalue weighted by atomic mass is 32.2. The first-order valence-corrected chi connectivity index (χ1v) is 8.90. The second-order valence-electron chi connectivity index (χ2n) is 5.53. The number of hydrogen-bond donors (Lipinski definition) is 0. The number of amidine groups is 1. The monoisotopic (exact) mass is 324 g/mol. The van der Waals surface area contributed by atoms with Crippen molar-refractivity contribution in [3.05, 3.63) is 70.6 Å². The van der Waals surface area contributed by atoms with Crippen LogP contribution in [-0.2, 0) is 10.8 Å². The molecule has 0 aromatic heterocycles. The smallest absolute Gasteiger partial charge is 0.200 e. The maximum Gasteiger partial charge on any atom is 0.200 e. The average Bonchev–Trinajstić information content (AvgIpc) is 2.86. The summed E-state index contributed by atoms with van der Waals surface area (Å²) < 4.78 is 12.8. The SMILES string of the molecule is CCN1CC(=Cc2ccccc2)S(=O)C1=Nc1ccc(C)cc1. The van der Waals surface area contributed by atoms with E-state index in [1.165, 1.54) is 5.56 Å². The van der Waals surface area contributed by atoms with Gasteiger partial charge in [-0.25, -0.2) is 9.20 Å². The van der Waals surface area contributed by atoms with Crippen LogP contribution in [0.15, 0.2) is 64.5 Å². The molecule has 1 fully saturated rings. The standard InChI is InChI=1S/C19H20N2OS/c1-3-21-14-18(13-16-7-5-4-6-8-16)23(22)19(21)20-17-11-9-15(2)10-12-17/h4-13H,3,14H2,1-2H3. The van der Waals surface area contributed by atoms with Gasteiger partial charge in [-0.05, 0) is 37.6 Å². The first kappa shape index (κ1) is 15.7. The second-order valence-corrected chi connectivity index (χ2v) is 6.96. The summed E-state index contributed by atoms with van der Waals surface area (Å²) in [5, 5.41) is 0.651. The highest BCUT2D eigenvalue weighted by molar-refractivity contribution is 8.04. The van der Waals surface area contributed by atoms with Gasteiger partial charge >= 0.3 is 0 Å². The van der Waals surface area contributed by atoms with Crippen molar-refractivity contribution in [3.63, 3.8) is 0 Å². The van der Waals surface area contributed by atoms with Crippen LogP contribution in [0.4, 0.5) is 5.69 Å². The van der Waals surface area contributed by atoms with E-state index in [9.17, 15) is 4.21 Å². The molecule has 1 aliphatic heterocycles. The van der Waals surface area contributed by atoms with E-state index in [-0.39, 0.29) is 0 Å². The molecule has 1 unspecified atom stereocenters. The van der Waals surface area contributed by atoms with Crippen molar-refractivity contribution in [2.45, 2.75) is 13.8 Å². The van der Waals surface area contributed by atoms with E-state index in [4.69, 9.17) is 0 Å². The van der Waals surface area contributed by atoms with Crippen molar-refractivity contribution in [3.8, 4) is 0 Å². The number of benzene rings is 2. The van der Waals surface area contributed by atoms with Gasteiger partial charge in [-0.2, -0.15) is 0 Å². The summed E-state index contributed by atoms with van der Waals surface area (Å²) >= 11 is 0. The van der Waals surface area contributed by atoms with Gasteiger partial charge in [0.25, 0.3) is 0 Å². The minimum atomic E-state index is -1.20. The van der Waals surface area contributed by atoms with Crippen LogP contribution in [0.3, 0.4) is 0 Å². The van der Waals surface area contributed by atoms with Crippen LogP contribution in [-0.4, -0.2) is 27.4 Å². The fourth-order valence-corrected chi connectivity index (χ4v) is 3.84. The van der Waals surface area contributed by atoms with Crippen molar-refractivity contribution in [2.75, 3.05) is 13.1 Å². The van der Waals surface area contributed by atoms with Crippen LogP contribution in [0.1, 0.15) is 18.1 Å². The number of hydrogen-bond acceptors (Lipinski definition) is 2. The molecule has 1 aliphatic rings. The van der Waals surface area contributed by atoms with E-state index in [1.807, 2.05) is 67.6 Å². The van der Waals surface area contributed by atoms with Gasteiger partial charge in [-0.3, -0.25) is 0 Å². The van der Waals surface area contributed by atoms with E-state index in [1.54, 1.807) is 0 Å². The molecular formula is C19H20N2OS. The molecular weight excluding hydrogens is 304 g/mol. The van der Waals surface area contributed by atoms with Gasteiger partial charge in [0.05, 0.1) is 12.2 Å². The molecule has 2 aromatic rings. The maximum atomic E-state index is 12.8. The Morgan fingerprint density at radius 3 is 2.48 bits per heavy atom. The van der Waals surface area contributed by atoms with E-state index in [2.05, 4.69) is 16.8 Å². The van der Waals surface area contributed by atoms with Crippen LogP contribution >= 0.6 is 0 Å². The average molecular weight is 324 g/mol. The zero-order valence-electron chi connectivity index (χ0n) is 13.4. The summed E-state index contributed by atoms with van der Waals surface area (Å²) in [7, 11) is -1.20. The third-order valence-electron chi connectivity index (χ3n) is 3.79. The van der Waals surface area contributed by atoms with Crippen LogP contribution in [0.5, 0.6) is 0 Å². The molecule has 118 valence electrons. The molecule has 3 rings (SSSR count). The summed E-state index contributed by atoms with van der Waals surface area (Å²) in [5.74, 6) is 0. The number of likely N-dealkylation sites (N-methyl/N-ethyl adjacent to an activating group) is 1. The van der Waals surface area contributed by atoms with Crippen molar-refractivity contribution in [1.82, 2.24) is 4.90 Å². The number of aliphatic imine (C=N–C) groups is 1. The molecule has 0 aliphatic carbocycles. The zero-order valence-corrected chi connectivity index (χ0v) is 14.2. The van der Waals surface area contributed by atoms with Gasteiger partial charge in [0.15, 0.2) is 5.17 Å². The molecule has 0 spiro atoms. The lowest BCUT2D eigenvalue weighted by Crippen LogP contribution is -2.25. The topological polar surface area (TPSA) is 32.7 Å². The summed E-state index contributed by atoms with van der Waals surface area (Å²) in [4.78, 5) is 7.61. The van der Waals surface area contributed by atoms with Crippen molar-refractivity contribution in [2.24, 2.45) is 4.99 Å². The Bertz CT molecular complexity index is 764. The minimum absolute atomic E-state index is 0.651. The Morgan fingerprint density at radius 1 is 1.13 bits per heavy atom. The van der Waals surface area contributed by atoms with Crippen molar-refractivity contribution < 1.29 is 4.21 Å². The predicted molar refractivity (Wildman–Crippen MR) is 98.1 cm³/mol. The van der Waals surface area contributed by atoms with Crippen molar-refractivity contribution >= 4 is 27.7 Å². The molecule has 0 radical (unpaired) electrons. The lowest BCUT2D eigenvalue weighted by atomic mass is 10.2. The van der Waals surface area contributed by atoms with Gasteiger partial charge in [-0.1, -0.05) is 48.0 Å². The van der Waals surface area contributed by atoms with Gasteiger partial charge < -0.3 is 4.90 Å². The lowest BCUT2D eigenvalue weighted by molar-refractivity contribution is 0.503. The van der Waals surface area contributed by atoms with Gasteiger partial charge in [0.2, 0.25) is 0 Å². The second kappa shape index (κ2) is 6.92. The van der Waals surface area contributed by atoms with Gasteiger partial charge in [-0.15, -0.1) is 0 Å². The zero-order chi connectivity index (χ0) is 16.2. The van der Waals surface area contributed by atoms with Crippen LogP contribution in [0.25, 0.3) is 6.08 Å². The molecule has 1 saturated heterocycles. The van der Waals surface area contributed by atoms with Crippen LogP contribution in [0.2, 0.25) is 0 Å². The minimum Gasteiger partial charge on any atom is -0.344 e. The molecule has 0 bridgehead atoms. The van der Waals surface area contributed by atoms with E-state index < -0.39 is 10.8 Å². The molecule has 2 aromatic carbocycles. The fraction of sp³-hybridized carbons (Fsp3) is 0.211. The van der Waals surface area contributed by atoms with E-state index in [0.717, 1.165) is 22.7 Å². The maximum absolute atomic E-state index is 12.8. The molecule has 23 heavy (non-hydrogen) atoms. The van der Waals surface area contributed by atoms with Gasteiger partial charge in [0.1, 0.15) is 10.8 Å². The molecule has 0 amide bonds. The number of aryl methyl sites for hydroxylation is 1. The third-order valence-corrected chi connectivity index (χ3v) is 5.19. The quantitative estimate of drug-likeness (QED) is 0.851. The third kappa shape index (κ3) is 3.59. The van der Waals surface area contributed by atoms with E-state index in [0.29, 0.717) is 11.7 Å². The summed E-state index contributed by atoms with van der Waals surface area (Å²) in [6, 6.07) is 18.0. The lowest BCUT2D eigenvalue weighted by Gasteiger charge is -2.13. The largest absolute Gasteiger partial charge is 0.344 e. The first-order valence-electron chi connectivity index (χ1n) is 7.75. The number of rotatable bonds is 3. The Balaban J connectivity index is 1.93. The highest BCUT2D eigenvalue weighted by Gasteiger charge is 2.29. The van der Waals surface area contributed by atoms with Crippen LogP contribution in [0, 0.1) is 6.92 Å². The molecule has 4 heteroatoms. The first-order chi connectivity index (χ1) is 11.2. The highest BCUT2D eigenvalue weighted by Crippen LogP contribution is 2.24. The molecule has 1 heterocycles. The van der Waals surface area contributed by atoms with Gasteiger partial charge in [0, 0.05) is 11.4 Å². The molecule has 1 atom stereocenters. The molecule has 3 nitrogen and oxygen atoms in total. The van der Waals surface area contributed by atoms with Crippen LogP contribution < -0.4 is 0 Å². The Labute approximate surface area is 139 Å². The summed E-state index contributed by atoms with van der Waals surface area (Å²) in [5.41, 5.74) is 3.11.